The van der Waals surface area contributed by atoms with Crippen LogP contribution in [-0.4, -0.2) is 31.4 Å². The highest BCUT2D eigenvalue weighted by Crippen LogP contribution is 2.18. The molecule has 1 heterocycles. The molecule has 5 heteroatoms. The summed E-state index contributed by atoms with van der Waals surface area (Å²) >= 11 is 0. The largest absolute Gasteiger partial charge is 0.327 e. The molecule has 1 saturated heterocycles. The quantitative estimate of drug-likeness (QED) is 0.762. The number of amides is 2. The molecule has 1 aliphatic heterocycles. The Labute approximate surface area is 160 Å². The Bertz CT molecular complexity index is 796. The van der Waals surface area contributed by atoms with Gasteiger partial charge in [0.05, 0.1) is 24.3 Å². The molecule has 3 rings (SSSR count). The summed E-state index contributed by atoms with van der Waals surface area (Å²) in [7, 11) is 0. The van der Waals surface area contributed by atoms with Gasteiger partial charge in [-0.3, -0.25) is 9.59 Å². The second-order valence-corrected chi connectivity index (χ2v) is 7.26. The minimum atomic E-state index is -0.224. The van der Waals surface area contributed by atoms with Gasteiger partial charge in [0.15, 0.2) is 6.54 Å². The first kappa shape index (κ1) is 19.1. The van der Waals surface area contributed by atoms with Crippen molar-refractivity contribution in [3.05, 3.63) is 59.7 Å². The molecule has 0 atom stereocenters. The number of benzene rings is 2. The topological polar surface area (TPSA) is 62.6 Å². The lowest BCUT2D eigenvalue weighted by Gasteiger charge is -2.17. The third-order valence-corrected chi connectivity index (χ3v) is 4.94. The molecule has 3 N–H and O–H groups in total. The highest BCUT2D eigenvalue weighted by atomic mass is 16.2. The maximum atomic E-state index is 12.7. The van der Waals surface area contributed by atoms with Crippen LogP contribution < -0.4 is 15.5 Å². The van der Waals surface area contributed by atoms with Crippen molar-refractivity contribution in [2.45, 2.75) is 32.6 Å². The molecule has 0 radical (unpaired) electrons. The van der Waals surface area contributed by atoms with Gasteiger partial charge < -0.3 is 15.5 Å². The predicted octanol–water partition coefficient (Wildman–Crippen LogP) is 2.64. The number of rotatable bonds is 5. The number of likely N-dealkylation sites (tertiary alicyclic amines) is 1. The lowest BCUT2D eigenvalue weighted by Crippen LogP contribution is -3.12. The zero-order valence-corrected chi connectivity index (χ0v) is 15.9. The van der Waals surface area contributed by atoms with Crippen molar-refractivity contribution < 1.29 is 14.5 Å². The molecule has 2 aromatic rings. The van der Waals surface area contributed by atoms with E-state index in [2.05, 4.69) is 10.6 Å². The molecule has 0 aliphatic carbocycles. The third kappa shape index (κ3) is 5.66. The van der Waals surface area contributed by atoms with Gasteiger partial charge in [-0.15, -0.1) is 0 Å². The Morgan fingerprint density at radius 3 is 2.41 bits per heavy atom. The first-order valence-corrected chi connectivity index (χ1v) is 9.72. The van der Waals surface area contributed by atoms with Crippen LogP contribution >= 0.6 is 0 Å². The van der Waals surface area contributed by atoms with Gasteiger partial charge in [0.25, 0.3) is 11.8 Å². The van der Waals surface area contributed by atoms with E-state index < -0.39 is 0 Å². The minimum absolute atomic E-state index is 0.0392. The first-order chi connectivity index (χ1) is 13.1. The van der Waals surface area contributed by atoms with Crippen molar-refractivity contribution in [3.8, 4) is 0 Å². The summed E-state index contributed by atoms with van der Waals surface area (Å²) in [6.45, 7) is 4.52. The molecular weight excluding hydrogens is 338 g/mol. The molecule has 2 aromatic carbocycles. The van der Waals surface area contributed by atoms with Crippen molar-refractivity contribution >= 4 is 23.2 Å². The molecule has 0 unspecified atom stereocenters. The fourth-order valence-corrected chi connectivity index (χ4v) is 3.54. The van der Waals surface area contributed by atoms with Crippen LogP contribution in [0.15, 0.2) is 48.5 Å². The normalized spacial score (nSPS) is 15.0. The van der Waals surface area contributed by atoms with E-state index in [1.165, 1.54) is 30.6 Å². The van der Waals surface area contributed by atoms with E-state index in [0.29, 0.717) is 17.8 Å². The highest BCUT2D eigenvalue weighted by molar-refractivity contribution is 6.10. The molecule has 1 fully saturated rings. The SMILES string of the molecule is Cc1cccc(NC(=O)c2ccccc2NC(=O)C[NH+]2CCCCCC2)c1. The van der Waals surface area contributed by atoms with Crippen LogP contribution in [0, 0.1) is 6.92 Å². The average Bonchev–Trinajstić information content (AvgIpc) is 2.90. The molecule has 27 heavy (non-hydrogen) atoms. The van der Waals surface area contributed by atoms with Gasteiger partial charge in [0.2, 0.25) is 0 Å². The number of carbonyl (C=O) groups excluding carboxylic acids is 2. The average molecular weight is 366 g/mol. The Kier molecular flexibility index (Phi) is 6.60. The fourth-order valence-electron chi connectivity index (χ4n) is 3.54. The lowest BCUT2D eigenvalue weighted by molar-refractivity contribution is -0.890. The summed E-state index contributed by atoms with van der Waals surface area (Å²) in [4.78, 5) is 26.5. The van der Waals surface area contributed by atoms with Crippen LogP contribution in [0.2, 0.25) is 0 Å². The van der Waals surface area contributed by atoms with Gasteiger partial charge in [0, 0.05) is 5.69 Å². The zero-order valence-electron chi connectivity index (χ0n) is 15.9. The molecule has 5 nitrogen and oxygen atoms in total. The Hall–Kier alpha value is -2.66. The summed E-state index contributed by atoms with van der Waals surface area (Å²) in [6, 6.07) is 14.8. The Morgan fingerprint density at radius 1 is 0.926 bits per heavy atom. The van der Waals surface area contributed by atoms with Crippen LogP contribution in [0.25, 0.3) is 0 Å². The van der Waals surface area contributed by atoms with Crippen molar-refractivity contribution in [2.24, 2.45) is 0 Å². The number of carbonyl (C=O) groups is 2. The van der Waals surface area contributed by atoms with Gasteiger partial charge in [0.1, 0.15) is 0 Å². The van der Waals surface area contributed by atoms with Gasteiger partial charge in [-0.2, -0.15) is 0 Å². The second kappa shape index (κ2) is 9.33. The molecule has 142 valence electrons. The highest BCUT2D eigenvalue weighted by Gasteiger charge is 2.18. The summed E-state index contributed by atoms with van der Waals surface area (Å²) in [5.41, 5.74) is 2.85. The van der Waals surface area contributed by atoms with Crippen LogP contribution in [0.3, 0.4) is 0 Å². The van der Waals surface area contributed by atoms with Crippen LogP contribution in [-0.2, 0) is 4.79 Å². The standard InChI is InChI=1S/C22H27N3O2/c1-17-9-8-10-18(15-17)23-22(27)19-11-4-5-12-20(19)24-21(26)16-25-13-6-2-3-7-14-25/h4-5,8-12,15H,2-3,6-7,13-14,16H2,1H3,(H,23,27)(H,24,26)/p+1. The van der Waals surface area contributed by atoms with Crippen molar-refractivity contribution in [2.75, 3.05) is 30.3 Å². The summed E-state index contributed by atoms with van der Waals surface area (Å²) in [6.07, 6.45) is 4.87. The molecule has 0 bridgehead atoms. The zero-order chi connectivity index (χ0) is 19.1. The molecule has 0 saturated carbocycles. The number of para-hydroxylation sites is 1. The number of anilines is 2. The maximum absolute atomic E-state index is 12.7. The number of hydrogen-bond acceptors (Lipinski definition) is 2. The molecular formula is C22H28N3O2+. The van der Waals surface area contributed by atoms with Gasteiger partial charge in [-0.1, -0.05) is 24.3 Å². The number of aryl methyl sites for hydroxylation is 1. The van der Waals surface area contributed by atoms with Crippen LogP contribution in [0.5, 0.6) is 0 Å². The number of nitrogens with one attached hydrogen (secondary N) is 3. The lowest BCUT2D eigenvalue weighted by atomic mass is 10.1. The van der Waals surface area contributed by atoms with Crippen LogP contribution in [0.1, 0.15) is 41.6 Å². The van der Waals surface area contributed by atoms with Gasteiger partial charge in [-0.05, 0) is 62.4 Å². The molecule has 0 spiro atoms. The van der Waals surface area contributed by atoms with E-state index in [9.17, 15) is 9.59 Å². The van der Waals surface area contributed by atoms with E-state index in [-0.39, 0.29) is 11.8 Å². The third-order valence-electron chi connectivity index (χ3n) is 4.94. The van der Waals surface area contributed by atoms with E-state index in [4.69, 9.17) is 0 Å². The summed E-state index contributed by atoms with van der Waals surface area (Å²) in [5.74, 6) is -0.263. The minimum Gasteiger partial charge on any atom is -0.327 e. The number of hydrogen-bond donors (Lipinski definition) is 3. The van der Waals surface area contributed by atoms with Crippen LogP contribution in [0.4, 0.5) is 11.4 Å². The molecule has 1 aliphatic rings. The van der Waals surface area contributed by atoms with E-state index in [0.717, 1.165) is 24.3 Å². The van der Waals surface area contributed by atoms with Crippen molar-refractivity contribution in [3.63, 3.8) is 0 Å². The predicted molar refractivity (Wildman–Crippen MR) is 108 cm³/mol. The van der Waals surface area contributed by atoms with E-state index >= 15 is 0 Å². The van der Waals surface area contributed by atoms with Crippen molar-refractivity contribution in [1.29, 1.82) is 0 Å². The van der Waals surface area contributed by atoms with E-state index in [1.54, 1.807) is 18.2 Å². The first-order valence-electron chi connectivity index (χ1n) is 9.72. The van der Waals surface area contributed by atoms with Gasteiger partial charge in [-0.25, -0.2) is 0 Å². The molecule has 2 amide bonds. The van der Waals surface area contributed by atoms with Gasteiger partial charge >= 0.3 is 0 Å². The maximum Gasteiger partial charge on any atom is 0.279 e. The fraction of sp³-hybridized carbons (Fsp3) is 0.364. The monoisotopic (exact) mass is 366 g/mol. The second-order valence-electron chi connectivity index (χ2n) is 7.26. The van der Waals surface area contributed by atoms with E-state index in [1.807, 2.05) is 37.3 Å². The Morgan fingerprint density at radius 2 is 1.67 bits per heavy atom. The molecule has 0 aromatic heterocycles. The smallest absolute Gasteiger partial charge is 0.279 e. The van der Waals surface area contributed by atoms with Crippen molar-refractivity contribution in [1.82, 2.24) is 0 Å². The number of quaternary nitrogens is 1. The summed E-state index contributed by atoms with van der Waals surface area (Å²) in [5, 5.41) is 5.84. The Balaban J connectivity index is 1.66. The summed E-state index contributed by atoms with van der Waals surface area (Å²) < 4.78 is 0.